The summed E-state index contributed by atoms with van der Waals surface area (Å²) in [5.41, 5.74) is 2.17. The molecule has 0 saturated heterocycles. The Bertz CT molecular complexity index is 692. The molecule has 122 valence electrons. The van der Waals surface area contributed by atoms with Crippen LogP contribution in [0.15, 0.2) is 29.2 Å². The standard InChI is InChI=1S/C17H21N3O2S/c1-10-15(12-4-5-12)19-20-16(10)18-17(21)11(2)22-13-6-8-14(23-3)9-7-13/h6-9,11-12H,4-5H2,1-3H3,(H2,18,19,20,21). The highest BCUT2D eigenvalue weighted by Crippen LogP contribution is 2.41. The van der Waals surface area contributed by atoms with E-state index in [-0.39, 0.29) is 5.91 Å². The third-order valence-corrected chi connectivity index (χ3v) is 4.76. The molecule has 1 unspecified atom stereocenters. The molecule has 0 bridgehead atoms. The van der Waals surface area contributed by atoms with Gasteiger partial charge in [0.2, 0.25) is 0 Å². The number of hydrogen-bond donors (Lipinski definition) is 2. The molecule has 1 aromatic heterocycles. The van der Waals surface area contributed by atoms with Gasteiger partial charge in [0.15, 0.2) is 11.9 Å². The average Bonchev–Trinajstić information content (AvgIpc) is 3.33. The smallest absolute Gasteiger partial charge is 0.266 e. The Morgan fingerprint density at radius 3 is 2.70 bits per heavy atom. The van der Waals surface area contributed by atoms with Crippen LogP contribution in [0.3, 0.4) is 0 Å². The highest BCUT2D eigenvalue weighted by Gasteiger charge is 2.29. The van der Waals surface area contributed by atoms with Gasteiger partial charge in [0.1, 0.15) is 5.75 Å². The Balaban J connectivity index is 1.60. The molecule has 23 heavy (non-hydrogen) atoms. The number of carbonyl (C=O) groups is 1. The first kappa shape index (κ1) is 15.9. The van der Waals surface area contributed by atoms with E-state index in [2.05, 4.69) is 15.5 Å². The van der Waals surface area contributed by atoms with Crippen LogP contribution in [0.4, 0.5) is 5.82 Å². The molecule has 6 heteroatoms. The summed E-state index contributed by atoms with van der Waals surface area (Å²) in [6, 6.07) is 7.70. The number of hydrogen-bond acceptors (Lipinski definition) is 4. The molecule has 3 rings (SSSR count). The summed E-state index contributed by atoms with van der Waals surface area (Å²) in [4.78, 5) is 13.5. The van der Waals surface area contributed by atoms with Gasteiger partial charge in [-0.15, -0.1) is 11.8 Å². The summed E-state index contributed by atoms with van der Waals surface area (Å²) in [5, 5.41) is 10.1. The van der Waals surface area contributed by atoms with Gasteiger partial charge in [0, 0.05) is 22.1 Å². The summed E-state index contributed by atoms with van der Waals surface area (Å²) in [6.07, 6.45) is 3.83. The number of aromatic amines is 1. The van der Waals surface area contributed by atoms with Crippen molar-refractivity contribution in [3.05, 3.63) is 35.5 Å². The predicted octanol–water partition coefficient (Wildman–Crippen LogP) is 3.72. The zero-order chi connectivity index (χ0) is 16.4. The molecule has 1 aliphatic carbocycles. The van der Waals surface area contributed by atoms with E-state index in [1.807, 2.05) is 37.4 Å². The second-order valence-electron chi connectivity index (χ2n) is 5.81. The lowest BCUT2D eigenvalue weighted by atomic mass is 10.2. The van der Waals surface area contributed by atoms with Crippen molar-refractivity contribution in [2.75, 3.05) is 11.6 Å². The lowest BCUT2D eigenvalue weighted by molar-refractivity contribution is -0.122. The number of anilines is 1. The van der Waals surface area contributed by atoms with Crippen LogP contribution in [0, 0.1) is 6.92 Å². The van der Waals surface area contributed by atoms with Crippen LogP contribution in [-0.4, -0.2) is 28.5 Å². The SMILES string of the molecule is CSc1ccc(OC(C)C(=O)Nc2n[nH]c(C3CC3)c2C)cc1. The van der Waals surface area contributed by atoms with Gasteiger partial charge >= 0.3 is 0 Å². The zero-order valence-electron chi connectivity index (χ0n) is 13.6. The molecule has 1 heterocycles. The van der Waals surface area contributed by atoms with Crippen LogP contribution in [0.2, 0.25) is 0 Å². The Kier molecular flexibility index (Phi) is 4.61. The molecule has 1 aliphatic rings. The quantitative estimate of drug-likeness (QED) is 0.792. The fourth-order valence-electron chi connectivity index (χ4n) is 2.43. The summed E-state index contributed by atoms with van der Waals surface area (Å²) >= 11 is 1.67. The molecule has 5 nitrogen and oxygen atoms in total. The summed E-state index contributed by atoms with van der Waals surface area (Å²) in [6.45, 7) is 3.72. The summed E-state index contributed by atoms with van der Waals surface area (Å²) < 4.78 is 5.70. The summed E-state index contributed by atoms with van der Waals surface area (Å²) in [7, 11) is 0. The molecule has 0 spiro atoms. The fraction of sp³-hybridized carbons (Fsp3) is 0.412. The topological polar surface area (TPSA) is 67.0 Å². The molecule has 2 N–H and O–H groups in total. The van der Waals surface area contributed by atoms with E-state index in [0.717, 1.165) is 16.2 Å². The van der Waals surface area contributed by atoms with Crippen molar-refractivity contribution in [3.63, 3.8) is 0 Å². The van der Waals surface area contributed by atoms with E-state index in [1.54, 1.807) is 18.7 Å². The van der Waals surface area contributed by atoms with Crippen LogP contribution >= 0.6 is 11.8 Å². The molecule has 0 aliphatic heterocycles. The summed E-state index contributed by atoms with van der Waals surface area (Å²) in [5.74, 6) is 1.67. The van der Waals surface area contributed by atoms with Gasteiger partial charge in [-0.3, -0.25) is 9.89 Å². The normalized spacial score (nSPS) is 15.3. The third kappa shape index (κ3) is 3.69. The van der Waals surface area contributed by atoms with E-state index in [1.165, 1.54) is 12.8 Å². The molecular formula is C17H21N3O2S. The second-order valence-corrected chi connectivity index (χ2v) is 6.69. The number of ether oxygens (including phenoxy) is 1. The van der Waals surface area contributed by atoms with Gasteiger partial charge in [-0.25, -0.2) is 0 Å². The van der Waals surface area contributed by atoms with Crippen LogP contribution in [0.1, 0.15) is 36.9 Å². The van der Waals surface area contributed by atoms with Crippen molar-refractivity contribution in [1.29, 1.82) is 0 Å². The zero-order valence-corrected chi connectivity index (χ0v) is 14.4. The highest BCUT2D eigenvalue weighted by molar-refractivity contribution is 7.98. The lowest BCUT2D eigenvalue weighted by Gasteiger charge is -2.14. The number of nitrogens with zero attached hydrogens (tertiary/aromatic N) is 1. The monoisotopic (exact) mass is 331 g/mol. The molecule has 1 atom stereocenters. The number of amides is 1. The second kappa shape index (κ2) is 6.66. The van der Waals surface area contributed by atoms with E-state index < -0.39 is 6.10 Å². The van der Waals surface area contributed by atoms with Gasteiger partial charge < -0.3 is 10.1 Å². The van der Waals surface area contributed by atoms with Crippen molar-refractivity contribution in [1.82, 2.24) is 10.2 Å². The maximum absolute atomic E-state index is 12.3. The van der Waals surface area contributed by atoms with Crippen LogP contribution < -0.4 is 10.1 Å². The first-order valence-corrected chi connectivity index (χ1v) is 8.97. The van der Waals surface area contributed by atoms with E-state index >= 15 is 0 Å². The van der Waals surface area contributed by atoms with Crippen molar-refractivity contribution in [2.24, 2.45) is 0 Å². The maximum atomic E-state index is 12.3. The molecular weight excluding hydrogens is 310 g/mol. The van der Waals surface area contributed by atoms with Crippen molar-refractivity contribution < 1.29 is 9.53 Å². The van der Waals surface area contributed by atoms with Gasteiger partial charge in [0.25, 0.3) is 5.91 Å². The predicted molar refractivity (Wildman–Crippen MR) is 92.2 cm³/mol. The van der Waals surface area contributed by atoms with E-state index in [9.17, 15) is 4.79 Å². The van der Waals surface area contributed by atoms with Crippen LogP contribution in [-0.2, 0) is 4.79 Å². The minimum absolute atomic E-state index is 0.198. The molecule has 1 amide bonds. The number of benzene rings is 1. The molecule has 2 aromatic rings. The van der Waals surface area contributed by atoms with Crippen molar-refractivity contribution in [2.45, 2.75) is 43.6 Å². The van der Waals surface area contributed by atoms with Crippen molar-refractivity contribution in [3.8, 4) is 5.75 Å². The lowest BCUT2D eigenvalue weighted by Crippen LogP contribution is -2.30. The third-order valence-electron chi connectivity index (χ3n) is 4.02. The number of aromatic nitrogens is 2. The first-order valence-electron chi connectivity index (χ1n) is 7.75. The van der Waals surface area contributed by atoms with Crippen LogP contribution in [0.25, 0.3) is 0 Å². The number of nitrogens with one attached hydrogen (secondary N) is 2. The Labute approximate surface area is 140 Å². The van der Waals surface area contributed by atoms with Gasteiger partial charge in [0.05, 0.1) is 0 Å². The van der Waals surface area contributed by atoms with Gasteiger partial charge in [-0.05, 0) is 57.2 Å². The van der Waals surface area contributed by atoms with Gasteiger partial charge in [-0.2, -0.15) is 5.10 Å². The molecule has 1 fully saturated rings. The first-order chi connectivity index (χ1) is 11.1. The fourth-order valence-corrected chi connectivity index (χ4v) is 2.84. The highest BCUT2D eigenvalue weighted by atomic mass is 32.2. The van der Waals surface area contributed by atoms with Crippen molar-refractivity contribution >= 4 is 23.5 Å². The Morgan fingerprint density at radius 2 is 2.09 bits per heavy atom. The molecule has 1 saturated carbocycles. The number of thioether (sulfide) groups is 1. The van der Waals surface area contributed by atoms with Gasteiger partial charge in [-0.1, -0.05) is 0 Å². The molecule has 1 aromatic carbocycles. The maximum Gasteiger partial charge on any atom is 0.266 e. The minimum atomic E-state index is -0.587. The largest absolute Gasteiger partial charge is 0.481 e. The average molecular weight is 331 g/mol. The number of carbonyl (C=O) groups excluding carboxylic acids is 1. The van der Waals surface area contributed by atoms with Crippen LogP contribution in [0.5, 0.6) is 5.75 Å². The number of H-pyrrole nitrogens is 1. The Hall–Kier alpha value is -1.95. The van der Waals surface area contributed by atoms with E-state index in [4.69, 9.17) is 4.74 Å². The Morgan fingerprint density at radius 1 is 1.39 bits per heavy atom. The molecule has 0 radical (unpaired) electrons. The number of rotatable bonds is 6. The minimum Gasteiger partial charge on any atom is -0.481 e. The van der Waals surface area contributed by atoms with E-state index in [0.29, 0.717) is 17.5 Å².